The summed E-state index contributed by atoms with van der Waals surface area (Å²) in [5, 5.41) is 0. The average Bonchev–Trinajstić information content (AvgIpc) is 2.48. The van der Waals surface area contributed by atoms with Gasteiger partial charge in [-0.2, -0.15) is 0 Å². The van der Waals surface area contributed by atoms with Crippen molar-refractivity contribution in [2.24, 2.45) is 11.7 Å². The van der Waals surface area contributed by atoms with Gasteiger partial charge in [-0.1, -0.05) is 12.1 Å². The van der Waals surface area contributed by atoms with Crippen molar-refractivity contribution in [1.29, 1.82) is 0 Å². The number of nitrogens with zero attached hydrogens (tertiary/aromatic N) is 1. The summed E-state index contributed by atoms with van der Waals surface area (Å²) in [6, 6.07) is 8.06. The average molecular weight is 278 g/mol. The molecule has 0 amide bonds. The number of ether oxygens (including phenoxy) is 2. The monoisotopic (exact) mass is 278 g/mol. The Hall–Kier alpha value is -1.26. The van der Waals surface area contributed by atoms with Gasteiger partial charge >= 0.3 is 0 Å². The minimum absolute atomic E-state index is 0.285. The van der Waals surface area contributed by atoms with E-state index in [4.69, 9.17) is 15.2 Å². The van der Waals surface area contributed by atoms with Crippen LogP contribution in [-0.4, -0.2) is 44.3 Å². The molecule has 1 aliphatic rings. The molecule has 112 valence electrons. The van der Waals surface area contributed by atoms with E-state index >= 15 is 0 Å². The maximum Gasteiger partial charge on any atom is 0.161 e. The van der Waals surface area contributed by atoms with Gasteiger partial charge in [0, 0.05) is 19.1 Å². The van der Waals surface area contributed by atoms with E-state index in [1.165, 1.54) is 12.8 Å². The highest BCUT2D eigenvalue weighted by molar-refractivity contribution is 5.39. The molecule has 0 bridgehead atoms. The van der Waals surface area contributed by atoms with E-state index in [9.17, 15) is 0 Å². The number of piperidine rings is 1. The van der Waals surface area contributed by atoms with E-state index in [0.29, 0.717) is 12.5 Å². The van der Waals surface area contributed by atoms with Crippen LogP contribution in [0.3, 0.4) is 0 Å². The van der Waals surface area contributed by atoms with Gasteiger partial charge in [-0.25, -0.2) is 0 Å². The van der Waals surface area contributed by atoms with Crippen LogP contribution in [0, 0.1) is 5.92 Å². The highest BCUT2D eigenvalue weighted by atomic mass is 16.5. The number of methoxy groups -OCH3 is 1. The van der Waals surface area contributed by atoms with Crippen LogP contribution in [0.25, 0.3) is 0 Å². The van der Waals surface area contributed by atoms with Crippen LogP contribution in [-0.2, 0) is 0 Å². The molecular weight excluding hydrogens is 252 g/mol. The van der Waals surface area contributed by atoms with Gasteiger partial charge in [-0.15, -0.1) is 0 Å². The van der Waals surface area contributed by atoms with Crippen molar-refractivity contribution in [2.75, 3.05) is 33.4 Å². The zero-order valence-electron chi connectivity index (χ0n) is 12.5. The lowest BCUT2D eigenvalue weighted by Gasteiger charge is -2.34. The Bertz CT molecular complexity index is 409. The van der Waals surface area contributed by atoms with Gasteiger partial charge in [0.2, 0.25) is 0 Å². The second-order valence-electron chi connectivity index (χ2n) is 5.56. The summed E-state index contributed by atoms with van der Waals surface area (Å²) >= 11 is 0. The molecule has 0 saturated carbocycles. The van der Waals surface area contributed by atoms with Gasteiger partial charge in [0.15, 0.2) is 11.5 Å². The first-order valence-electron chi connectivity index (χ1n) is 7.44. The van der Waals surface area contributed by atoms with Crippen LogP contribution < -0.4 is 15.2 Å². The normalized spacial score (nSPS) is 21.4. The van der Waals surface area contributed by atoms with Gasteiger partial charge in [-0.3, -0.25) is 4.90 Å². The van der Waals surface area contributed by atoms with Gasteiger partial charge in [0.1, 0.15) is 6.61 Å². The largest absolute Gasteiger partial charge is 0.493 e. The standard InChI is InChI=1S/C16H26N2O2/c1-13(17)14-6-5-9-18(12-14)10-11-20-16-8-4-3-7-15(16)19-2/h3-4,7-8,13-14H,5-6,9-12,17H2,1-2H3. The lowest BCUT2D eigenvalue weighted by atomic mass is 9.92. The zero-order valence-corrected chi connectivity index (χ0v) is 12.5. The molecule has 0 radical (unpaired) electrons. The SMILES string of the molecule is COc1ccccc1OCCN1CCCC(C(C)N)C1. The lowest BCUT2D eigenvalue weighted by Crippen LogP contribution is -2.43. The summed E-state index contributed by atoms with van der Waals surface area (Å²) in [7, 11) is 1.67. The summed E-state index contributed by atoms with van der Waals surface area (Å²) in [4.78, 5) is 2.45. The van der Waals surface area contributed by atoms with Crippen LogP contribution in [0.1, 0.15) is 19.8 Å². The minimum Gasteiger partial charge on any atom is -0.493 e. The number of rotatable bonds is 6. The fourth-order valence-electron chi connectivity index (χ4n) is 2.75. The topological polar surface area (TPSA) is 47.7 Å². The third kappa shape index (κ3) is 4.12. The highest BCUT2D eigenvalue weighted by Crippen LogP contribution is 2.25. The first-order valence-corrected chi connectivity index (χ1v) is 7.44. The van der Waals surface area contributed by atoms with E-state index in [-0.39, 0.29) is 6.04 Å². The van der Waals surface area contributed by atoms with Crippen molar-refractivity contribution >= 4 is 0 Å². The lowest BCUT2D eigenvalue weighted by molar-refractivity contribution is 0.136. The first-order chi connectivity index (χ1) is 9.70. The quantitative estimate of drug-likeness (QED) is 0.866. The number of hydrogen-bond acceptors (Lipinski definition) is 4. The fraction of sp³-hybridized carbons (Fsp3) is 0.625. The Morgan fingerprint density at radius 3 is 2.80 bits per heavy atom. The summed E-state index contributed by atoms with van der Waals surface area (Å²) < 4.78 is 11.1. The first kappa shape index (κ1) is 15.1. The second kappa shape index (κ2) is 7.50. The van der Waals surface area contributed by atoms with E-state index in [0.717, 1.165) is 31.1 Å². The van der Waals surface area contributed by atoms with Gasteiger partial charge in [0.05, 0.1) is 7.11 Å². The maximum absolute atomic E-state index is 6.01. The van der Waals surface area contributed by atoms with E-state index < -0.39 is 0 Å². The molecule has 20 heavy (non-hydrogen) atoms. The Morgan fingerprint density at radius 2 is 2.10 bits per heavy atom. The van der Waals surface area contributed by atoms with Gasteiger partial charge in [-0.05, 0) is 44.4 Å². The number of nitrogens with two attached hydrogens (primary N) is 1. The Labute approximate surface area is 121 Å². The maximum atomic E-state index is 6.01. The molecule has 2 rings (SSSR count). The van der Waals surface area contributed by atoms with Crippen LogP contribution in [0.5, 0.6) is 11.5 Å². The molecule has 2 atom stereocenters. The number of likely N-dealkylation sites (tertiary alicyclic amines) is 1. The molecule has 4 nitrogen and oxygen atoms in total. The van der Waals surface area contributed by atoms with E-state index in [2.05, 4.69) is 11.8 Å². The van der Waals surface area contributed by atoms with Crippen LogP contribution in [0.15, 0.2) is 24.3 Å². The van der Waals surface area contributed by atoms with Crippen LogP contribution in [0.2, 0.25) is 0 Å². The van der Waals surface area contributed by atoms with Crippen LogP contribution >= 0.6 is 0 Å². The molecule has 1 fully saturated rings. The molecule has 0 spiro atoms. The fourth-order valence-corrected chi connectivity index (χ4v) is 2.75. The molecule has 1 aliphatic heterocycles. The number of para-hydroxylation sites is 2. The molecule has 0 aliphatic carbocycles. The molecule has 4 heteroatoms. The summed E-state index contributed by atoms with van der Waals surface area (Å²) in [6.45, 7) is 5.98. The summed E-state index contributed by atoms with van der Waals surface area (Å²) in [6.07, 6.45) is 2.49. The third-order valence-corrected chi connectivity index (χ3v) is 4.02. The van der Waals surface area contributed by atoms with Crippen LogP contribution in [0.4, 0.5) is 0 Å². The summed E-state index contributed by atoms with van der Waals surface area (Å²) in [5.74, 6) is 2.23. The smallest absolute Gasteiger partial charge is 0.161 e. The predicted molar refractivity (Wildman–Crippen MR) is 81.3 cm³/mol. The van der Waals surface area contributed by atoms with E-state index in [1.807, 2.05) is 24.3 Å². The molecule has 0 aromatic heterocycles. The number of benzene rings is 1. The molecule has 2 unspecified atom stereocenters. The van der Waals surface area contributed by atoms with Crippen molar-refractivity contribution in [3.8, 4) is 11.5 Å². The summed E-state index contributed by atoms with van der Waals surface area (Å²) in [5.41, 5.74) is 6.01. The Morgan fingerprint density at radius 1 is 1.35 bits per heavy atom. The van der Waals surface area contributed by atoms with Crippen molar-refractivity contribution < 1.29 is 9.47 Å². The van der Waals surface area contributed by atoms with Crippen molar-refractivity contribution in [3.63, 3.8) is 0 Å². The molecular formula is C16H26N2O2. The van der Waals surface area contributed by atoms with Gasteiger partial charge < -0.3 is 15.2 Å². The van der Waals surface area contributed by atoms with E-state index in [1.54, 1.807) is 7.11 Å². The molecule has 1 saturated heterocycles. The molecule has 1 heterocycles. The molecule has 2 N–H and O–H groups in total. The van der Waals surface area contributed by atoms with Crippen molar-refractivity contribution in [3.05, 3.63) is 24.3 Å². The predicted octanol–water partition coefficient (Wildman–Crippen LogP) is 2.13. The minimum atomic E-state index is 0.285. The third-order valence-electron chi connectivity index (χ3n) is 4.02. The van der Waals surface area contributed by atoms with Crippen molar-refractivity contribution in [2.45, 2.75) is 25.8 Å². The number of hydrogen-bond donors (Lipinski definition) is 1. The Balaban J connectivity index is 1.78. The molecule has 1 aromatic rings. The highest BCUT2D eigenvalue weighted by Gasteiger charge is 2.22. The van der Waals surface area contributed by atoms with Gasteiger partial charge in [0.25, 0.3) is 0 Å². The molecule has 1 aromatic carbocycles. The second-order valence-corrected chi connectivity index (χ2v) is 5.56. The van der Waals surface area contributed by atoms with Crippen molar-refractivity contribution in [1.82, 2.24) is 4.90 Å². The Kier molecular flexibility index (Phi) is 5.68. The zero-order chi connectivity index (χ0) is 14.4.